The van der Waals surface area contributed by atoms with Gasteiger partial charge in [-0.1, -0.05) is 18.2 Å². The number of sulfonamides is 1. The van der Waals surface area contributed by atoms with Crippen molar-refractivity contribution >= 4 is 31.4 Å². The Bertz CT molecular complexity index is 1140. The van der Waals surface area contributed by atoms with Crippen LogP contribution in [0.4, 0.5) is 0 Å². The summed E-state index contributed by atoms with van der Waals surface area (Å²) in [7, 11) is 0.321. The first kappa shape index (κ1) is 20.3. The molecule has 3 aromatic rings. The highest BCUT2D eigenvalue weighted by molar-refractivity contribution is 7.91. The van der Waals surface area contributed by atoms with Crippen LogP contribution in [0.1, 0.15) is 18.7 Å². The lowest BCUT2D eigenvalue weighted by Gasteiger charge is -2.15. The van der Waals surface area contributed by atoms with E-state index < -0.39 is 10.0 Å². The number of nitrogens with zero attached hydrogens (tertiary/aromatic N) is 4. The molecule has 0 amide bonds. The SMILES string of the molecule is CN(C)CCn1nc2n(c1=O)CCC(NS(=O)(=O)c1cc3ccccc3s1)CC2. The maximum absolute atomic E-state index is 12.9. The largest absolute Gasteiger partial charge is 0.345 e. The standard InChI is InChI=1S/C19H25N5O3S2/c1-22(2)11-12-24-19(25)23-10-9-15(7-8-17(23)20-24)21-29(26,27)18-13-14-5-3-4-6-16(14)28-18/h3-6,13,15,21H,7-12H2,1-2H3. The molecule has 0 radical (unpaired) electrons. The summed E-state index contributed by atoms with van der Waals surface area (Å²) in [4.78, 5) is 14.6. The topological polar surface area (TPSA) is 89.2 Å². The number of aromatic nitrogens is 3. The number of hydrogen-bond acceptors (Lipinski definition) is 6. The van der Waals surface area contributed by atoms with Crippen molar-refractivity contribution in [1.82, 2.24) is 24.0 Å². The van der Waals surface area contributed by atoms with E-state index in [4.69, 9.17) is 0 Å². The van der Waals surface area contributed by atoms with Crippen LogP contribution in [0.2, 0.25) is 0 Å². The highest BCUT2D eigenvalue weighted by Gasteiger charge is 2.26. The molecule has 4 rings (SSSR count). The molecule has 1 aliphatic rings. The molecule has 8 nitrogen and oxygen atoms in total. The Hall–Kier alpha value is -2.01. The molecule has 2 aromatic heterocycles. The van der Waals surface area contributed by atoms with E-state index >= 15 is 0 Å². The number of fused-ring (bicyclic) bond motifs is 2. The average molecular weight is 436 g/mol. The summed E-state index contributed by atoms with van der Waals surface area (Å²) in [5.41, 5.74) is -0.116. The number of likely N-dealkylation sites (N-methyl/N-ethyl adjacent to an activating group) is 1. The fourth-order valence-corrected chi connectivity index (χ4v) is 6.27. The van der Waals surface area contributed by atoms with Gasteiger partial charge in [0.25, 0.3) is 0 Å². The zero-order chi connectivity index (χ0) is 20.6. The molecule has 1 N–H and O–H groups in total. The third-order valence-electron chi connectivity index (χ3n) is 5.17. The van der Waals surface area contributed by atoms with Gasteiger partial charge in [0.2, 0.25) is 10.0 Å². The number of aryl methyl sites for hydroxylation is 1. The van der Waals surface area contributed by atoms with Gasteiger partial charge < -0.3 is 4.90 Å². The van der Waals surface area contributed by atoms with Crippen LogP contribution in [-0.2, 0) is 29.5 Å². The number of hydrogen-bond donors (Lipinski definition) is 1. The Morgan fingerprint density at radius 2 is 2.07 bits per heavy atom. The van der Waals surface area contributed by atoms with Crippen molar-refractivity contribution in [1.29, 1.82) is 0 Å². The van der Waals surface area contributed by atoms with E-state index in [9.17, 15) is 13.2 Å². The lowest BCUT2D eigenvalue weighted by Crippen LogP contribution is -2.35. The molecule has 0 saturated heterocycles. The minimum atomic E-state index is -3.59. The first-order valence-electron chi connectivity index (χ1n) is 9.65. The van der Waals surface area contributed by atoms with E-state index in [0.29, 0.717) is 36.6 Å². The predicted octanol–water partition coefficient (Wildman–Crippen LogP) is 1.50. The highest BCUT2D eigenvalue weighted by atomic mass is 32.2. The molecule has 0 bridgehead atoms. The van der Waals surface area contributed by atoms with Gasteiger partial charge in [-0.15, -0.1) is 11.3 Å². The van der Waals surface area contributed by atoms with Crippen LogP contribution in [0.3, 0.4) is 0 Å². The molecule has 10 heteroatoms. The second kappa shape index (κ2) is 8.02. The van der Waals surface area contributed by atoms with Crippen LogP contribution < -0.4 is 10.4 Å². The van der Waals surface area contributed by atoms with Gasteiger partial charge in [0.15, 0.2) is 0 Å². The summed E-state index contributed by atoms with van der Waals surface area (Å²) in [5.74, 6) is 0.734. The molecule has 0 fully saturated rings. The molecule has 1 atom stereocenters. The predicted molar refractivity (Wildman–Crippen MR) is 114 cm³/mol. The van der Waals surface area contributed by atoms with Crippen LogP contribution in [-0.4, -0.2) is 54.3 Å². The van der Waals surface area contributed by atoms with Gasteiger partial charge in [0.05, 0.1) is 6.54 Å². The van der Waals surface area contributed by atoms with Gasteiger partial charge in [-0.2, -0.15) is 5.10 Å². The normalized spacial score (nSPS) is 17.6. The lowest BCUT2D eigenvalue weighted by molar-refractivity contribution is 0.367. The van der Waals surface area contributed by atoms with E-state index in [2.05, 4.69) is 9.82 Å². The molecule has 1 aliphatic heterocycles. The third-order valence-corrected chi connectivity index (χ3v) is 8.28. The van der Waals surface area contributed by atoms with Gasteiger partial charge in [-0.3, -0.25) is 4.57 Å². The van der Waals surface area contributed by atoms with Crippen LogP contribution in [0.15, 0.2) is 39.3 Å². The Morgan fingerprint density at radius 3 is 2.83 bits per heavy atom. The number of nitrogens with one attached hydrogen (secondary N) is 1. The van der Waals surface area contributed by atoms with Crippen molar-refractivity contribution in [3.05, 3.63) is 46.6 Å². The lowest BCUT2D eigenvalue weighted by atomic mass is 10.1. The number of rotatable bonds is 6. The fraction of sp³-hybridized carbons (Fsp3) is 0.474. The molecule has 29 heavy (non-hydrogen) atoms. The summed E-state index contributed by atoms with van der Waals surface area (Å²) in [6.45, 7) is 1.76. The monoisotopic (exact) mass is 435 g/mol. The smallest absolute Gasteiger partial charge is 0.308 e. The van der Waals surface area contributed by atoms with E-state index in [1.165, 1.54) is 16.0 Å². The van der Waals surface area contributed by atoms with Crippen molar-refractivity contribution in [2.45, 2.75) is 42.6 Å². The van der Waals surface area contributed by atoms with Crippen LogP contribution in [0, 0.1) is 0 Å². The maximum atomic E-state index is 12.9. The molecule has 156 valence electrons. The highest BCUT2D eigenvalue weighted by Crippen LogP contribution is 2.29. The van der Waals surface area contributed by atoms with Crippen molar-refractivity contribution < 1.29 is 8.42 Å². The minimum absolute atomic E-state index is 0.116. The third kappa shape index (κ3) is 4.30. The molecule has 1 aromatic carbocycles. The summed E-state index contributed by atoms with van der Waals surface area (Å²) in [6, 6.07) is 9.13. The summed E-state index contributed by atoms with van der Waals surface area (Å²) < 4.78 is 33.0. The van der Waals surface area contributed by atoms with Crippen LogP contribution >= 0.6 is 11.3 Å². The van der Waals surface area contributed by atoms with Gasteiger partial charge in [-0.05, 0) is 44.5 Å². The van der Waals surface area contributed by atoms with Gasteiger partial charge in [0.1, 0.15) is 10.0 Å². The van der Waals surface area contributed by atoms with Gasteiger partial charge in [0, 0.05) is 30.3 Å². The molecular formula is C19H25N5O3S2. The number of benzene rings is 1. The van der Waals surface area contributed by atoms with Crippen molar-refractivity contribution in [2.75, 3.05) is 20.6 Å². The number of thiophene rings is 1. The van der Waals surface area contributed by atoms with Gasteiger partial charge in [-0.25, -0.2) is 22.6 Å². The van der Waals surface area contributed by atoms with E-state index in [1.807, 2.05) is 43.3 Å². The van der Waals surface area contributed by atoms with E-state index in [-0.39, 0.29) is 11.7 Å². The summed E-state index contributed by atoms with van der Waals surface area (Å²) in [5, 5.41) is 5.39. The molecule has 0 aliphatic carbocycles. The Kier molecular flexibility index (Phi) is 5.60. The second-order valence-corrected chi connectivity index (χ2v) is 10.7. The Morgan fingerprint density at radius 1 is 1.28 bits per heavy atom. The fourth-order valence-electron chi connectivity index (χ4n) is 3.55. The van der Waals surface area contributed by atoms with E-state index in [0.717, 1.165) is 22.5 Å². The summed E-state index contributed by atoms with van der Waals surface area (Å²) in [6.07, 6.45) is 1.76. The zero-order valence-electron chi connectivity index (χ0n) is 16.5. The quantitative estimate of drug-likeness (QED) is 0.634. The van der Waals surface area contributed by atoms with Crippen LogP contribution in [0.5, 0.6) is 0 Å². The van der Waals surface area contributed by atoms with Crippen molar-refractivity contribution in [3.63, 3.8) is 0 Å². The summed E-state index contributed by atoms with van der Waals surface area (Å²) >= 11 is 1.27. The molecule has 1 unspecified atom stereocenters. The Balaban J connectivity index is 1.46. The zero-order valence-corrected chi connectivity index (χ0v) is 18.2. The average Bonchev–Trinajstić information content (AvgIpc) is 3.18. The maximum Gasteiger partial charge on any atom is 0.345 e. The van der Waals surface area contributed by atoms with Crippen LogP contribution in [0.25, 0.3) is 10.1 Å². The first-order valence-corrected chi connectivity index (χ1v) is 12.0. The first-order chi connectivity index (χ1) is 13.8. The van der Waals surface area contributed by atoms with Crippen molar-refractivity contribution in [2.24, 2.45) is 0 Å². The molecule has 0 spiro atoms. The van der Waals surface area contributed by atoms with Crippen molar-refractivity contribution in [3.8, 4) is 0 Å². The van der Waals surface area contributed by atoms with E-state index in [1.54, 1.807) is 10.6 Å². The van der Waals surface area contributed by atoms with Gasteiger partial charge >= 0.3 is 5.69 Å². The Labute approximate surface area is 173 Å². The molecule has 0 saturated carbocycles. The second-order valence-electron chi connectivity index (χ2n) is 7.63. The molecule has 3 heterocycles. The minimum Gasteiger partial charge on any atom is -0.308 e. The molecular weight excluding hydrogens is 410 g/mol.